The van der Waals surface area contributed by atoms with Crippen LogP contribution in [-0.2, 0) is 0 Å². The van der Waals surface area contributed by atoms with E-state index in [1.165, 1.54) is 12.8 Å². The first-order valence-corrected chi connectivity index (χ1v) is 5.50. The molecule has 3 heteroatoms. The molecule has 1 aromatic rings. The third-order valence-corrected chi connectivity index (χ3v) is 3.31. The van der Waals surface area contributed by atoms with E-state index in [4.69, 9.17) is 0 Å². The first kappa shape index (κ1) is 9.71. The average Bonchev–Trinajstić information content (AvgIpc) is 2.99. The molecule has 0 aliphatic heterocycles. The summed E-state index contributed by atoms with van der Waals surface area (Å²) < 4.78 is 0.873. The lowest BCUT2D eigenvalue weighted by Crippen LogP contribution is -2.20. The summed E-state index contributed by atoms with van der Waals surface area (Å²) in [6.45, 7) is 0. The topological polar surface area (TPSA) is 20.3 Å². The van der Waals surface area contributed by atoms with E-state index in [2.05, 4.69) is 20.8 Å². The van der Waals surface area contributed by atoms with Gasteiger partial charge in [0.05, 0.1) is 5.56 Å². The molecule has 0 heterocycles. The Morgan fingerprint density at radius 1 is 1.50 bits per heavy atom. The van der Waals surface area contributed by atoms with E-state index in [1.807, 2.05) is 25.2 Å². The highest BCUT2D eigenvalue weighted by Crippen LogP contribution is 2.33. The van der Waals surface area contributed by atoms with Crippen LogP contribution in [0.5, 0.6) is 0 Å². The van der Waals surface area contributed by atoms with Crippen LogP contribution in [0.3, 0.4) is 0 Å². The molecule has 2 rings (SSSR count). The zero-order valence-electron chi connectivity index (χ0n) is 8.03. The quantitative estimate of drug-likeness (QED) is 0.773. The Labute approximate surface area is 92.0 Å². The first-order valence-electron chi connectivity index (χ1n) is 4.70. The smallest absolute Gasteiger partial charge is 0.153 e. The molecule has 0 radical (unpaired) electrons. The van der Waals surface area contributed by atoms with Gasteiger partial charge in [0, 0.05) is 23.2 Å². The Bertz CT molecular complexity index is 360. The van der Waals surface area contributed by atoms with Gasteiger partial charge in [-0.1, -0.05) is 6.07 Å². The molecular weight excluding hydrogens is 242 g/mol. The minimum Gasteiger partial charge on any atom is -0.371 e. The third-order valence-electron chi connectivity index (χ3n) is 2.62. The first-order chi connectivity index (χ1) is 6.74. The number of anilines is 1. The van der Waals surface area contributed by atoms with Gasteiger partial charge < -0.3 is 4.90 Å². The number of nitrogens with zero attached hydrogens (tertiary/aromatic N) is 1. The lowest BCUT2D eigenvalue weighted by molar-refractivity contribution is 0.112. The van der Waals surface area contributed by atoms with Gasteiger partial charge in [-0.25, -0.2) is 0 Å². The molecule has 1 saturated carbocycles. The molecule has 14 heavy (non-hydrogen) atoms. The average molecular weight is 254 g/mol. The van der Waals surface area contributed by atoms with Crippen molar-refractivity contribution in [2.24, 2.45) is 0 Å². The molecule has 1 aromatic carbocycles. The summed E-state index contributed by atoms with van der Waals surface area (Å²) in [5.74, 6) is 0. The van der Waals surface area contributed by atoms with Crippen molar-refractivity contribution in [3.05, 3.63) is 28.2 Å². The number of hydrogen-bond acceptors (Lipinski definition) is 2. The van der Waals surface area contributed by atoms with Gasteiger partial charge in [-0.3, -0.25) is 4.79 Å². The van der Waals surface area contributed by atoms with Crippen LogP contribution in [-0.4, -0.2) is 19.4 Å². The molecule has 0 aromatic heterocycles. The molecule has 74 valence electrons. The lowest BCUT2D eigenvalue weighted by atomic mass is 10.2. The number of benzene rings is 1. The summed E-state index contributed by atoms with van der Waals surface area (Å²) in [6, 6.07) is 6.48. The summed E-state index contributed by atoms with van der Waals surface area (Å²) >= 11 is 3.39. The molecular formula is C11H12BrNO. The maximum absolute atomic E-state index is 10.9. The van der Waals surface area contributed by atoms with Gasteiger partial charge in [-0.05, 0) is 40.9 Å². The Hall–Kier alpha value is -0.830. The number of rotatable bonds is 3. The summed E-state index contributed by atoms with van der Waals surface area (Å²) in [7, 11) is 2.05. The third kappa shape index (κ3) is 1.69. The summed E-state index contributed by atoms with van der Waals surface area (Å²) in [5, 5.41) is 0. The van der Waals surface area contributed by atoms with E-state index in [1.54, 1.807) is 0 Å². The van der Waals surface area contributed by atoms with Crippen LogP contribution in [0.25, 0.3) is 0 Å². The fourth-order valence-corrected chi connectivity index (χ4v) is 2.06. The standard InChI is InChI=1S/C11H12BrNO/c1-13(8-5-6-8)11-4-2-3-10(12)9(11)7-14/h2-4,7-8H,5-6H2,1H3. The van der Waals surface area contributed by atoms with Gasteiger partial charge in [0.15, 0.2) is 6.29 Å². The Morgan fingerprint density at radius 3 is 2.79 bits per heavy atom. The molecule has 0 saturated heterocycles. The lowest BCUT2D eigenvalue weighted by Gasteiger charge is -2.20. The van der Waals surface area contributed by atoms with Crippen molar-refractivity contribution in [1.29, 1.82) is 0 Å². The van der Waals surface area contributed by atoms with Crippen molar-refractivity contribution in [2.75, 3.05) is 11.9 Å². The van der Waals surface area contributed by atoms with Crippen LogP contribution in [0, 0.1) is 0 Å². The van der Waals surface area contributed by atoms with Gasteiger partial charge in [-0.2, -0.15) is 0 Å². The molecule has 2 nitrogen and oxygen atoms in total. The number of aldehydes is 1. The molecule has 0 atom stereocenters. The van der Waals surface area contributed by atoms with Crippen molar-refractivity contribution in [1.82, 2.24) is 0 Å². The van der Waals surface area contributed by atoms with Crippen molar-refractivity contribution in [2.45, 2.75) is 18.9 Å². The van der Waals surface area contributed by atoms with E-state index in [9.17, 15) is 4.79 Å². The van der Waals surface area contributed by atoms with Crippen LogP contribution in [0.4, 0.5) is 5.69 Å². The van der Waals surface area contributed by atoms with E-state index in [0.717, 1.165) is 22.0 Å². The van der Waals surface area contributed by atoms with Gasteiger partial charge in [0.25, 0.3) is 0 Å². The van der Waals surface area contributed by atoms with Crippen LogP contribution < -0.4 is 4.90 Å². The second-order valence-electron chi connectivity index (χ2n) is 3.63. The predicted octanol–water partition coefficient (Wildman–Crippen LogP) is 2.86. The summed E-state index contributed by atoms with van der Waals surface area (Å²) in [6.07, 6.45) is 3.39. The minimum atomic E-state index is 0.628. The highest BCUT2D eigenvalue weighted by Gasteiger charge is 2.27. The summed E-state index contributed by atoms with van der Waals surface area (Å²) in [5.41, 5.74) is 1.78. The minimum absolute atomic E-state index is 0.628. The van der Waals surface area contributed by atoms with E-state index < -0.39 is 0 Å². The van der Waals surface area contributed by atoms with Gasteiger partial charge >= 0.3 is 0 Å². The molecule has 0 amide bonds. The predicted molar refractivity (Wildman–Crippen MR) is 61.0 cm³/mol. The molecule has 1 aliphatic rings. The highest BCUT2D eigenvalue weighted by atomic mass is 79.9. The number of hydrogen-bond donors (Lipinski definition) is 0. The van der Waals surface area contributed by atoms with Gasteiger partial charge in [0.1, 0.15) is 0 Å². The van der Waals surface area contributed by atoms with Crippen molar-refractivity contribution >= 4 is 27.9 Å². The fourth-order valence-electron chi connectivity index (χ4n) is 1.61. The van der Waals surface area contributed by atoms with E-state index in [-0.39, 0.29) is 0 Å². The SMILES string of the molecule is CN(c1cccc(Br)c1C=O)C1CC1. The Kier molecular flexibility index (Phi) is 2.59. The van der Waals surface area contributed by atoms with E-state index >= 15 is 0 Å². The van der Waals surface area contributed by atoms with Crippen LogP contribution in [0.15, 0.2) is 22.7 Å². The molecule has 0 unspecified atom stereocenters. The van der Waals surface area contributed by atoms with Crippen LogP contribution >= 0.6 is 15.9 Å². The fraction of sp³-hybridized carbons (Fsp3) is 0.364. The maximum atomic E-state index is 10.9. The number of carbonyl (C=O) groups is 1. The van der Waals surface area contributed by atoms with Crippen molar-refractivity contribution in [3.63, 3.8) is 0 Å². The zero-order chi connectivity index (χ0) is 10.1. The van der Waals surface area contributed by atoms with Gasteiger partial charge in [-0.15, -0.1) is 0 Å². The molecule has 0 N–H and O–H groups in total. The highest BCUT2D eigenvalue weighted by molar-refractivity contribution is 9.10. The molecule has 0 spiro atoms. The molecule has 1 fully saturated rings. The van der Waals surface area contributed by atoms with Crippen molar-refractivity contribution in [3.8, 4) is 0 Å². The molecule has 0 bridgehead atoms. The monoisotopic (exact) mass is 253 g/mol. The second-order valence-corrected chi connectivity index (χ2v) is 4.49. The van der Waals surface area contributed by atoms with Crippen LogP contribution in [0.2, 0.25) is 0 Å². The maximum Gasteiger partial charge on any atom is 0.153 e. The van der Waals surface area contributed by atoms with Crippen LogP contribution in [0.1, 0.15) is 23.2 Å². The van der Waals surface area contributed by atoms with E-state index in [0.29, 0.717) is 6.04 Å². The Morgan fingerprint density at radius 2 is 2.21 bits per heavy atom. The van der Waals surface area contributed by atoms with Crippen molar-refractivity contribution < 1.29 is 4.79 Å². The summed E-state index contributed by atoms with van der Waals surface area (Å²) in [4.78, 5) is 13.1. The number of halogens is 1. The number of carbonyl (C=O) groups excluding carboxylic acids is 1. The largest absolute Gasteiger partial charge is 0.371 e. The normalized spacial score (nSPS) is 15.3. The van der Waals surface area contributed by atoms with Gasteiger partial charge in [0.2, 0.25) is 0 Å². The second kappa shape index (κ2) is 3.73. The zero-order valence-corrected chi connectivity index (χ0v) is 9.62. The Balaban J connectivity index is 2.39. The molecule has 1 aliphatic carbocycles.